The van der Waals surface area contributed by atoms with E-state index in [2.05, 4.69) is 46.9 Å². The molecule has 1 aromatic rings. The van der Waals surface area contributed by atoms with Crippen LogP contribution in [-0.4, -0.2) is 38.4 Å². The van der Waals surface area contributed by atoms with Gasteiger partial charge in [0.05, 0.1) is 17.9 Å². The molecule has 1 aliphatic rings. The van der Waals surface area contributed by atoms with E-state index in [4.69, 9.17) is 9.16 Å². The van der Waals surface area contributed by atoms with Crippen molar-refractivity contribution in [2.45, 2.75) is 78.9 Å². The van der Waals surface area contributed by atoms with Crippen molar-refractivity contribution in [3.8, 4) is 5.75 Å². The minimum atomic E-state index is -2.50. The van der Waals surface area contributed by atoms with Crippen LogP contribution in [0.15, 0.2) is 17.8 Å². The van der Waals surface area contributed by atoms with Gasteiger partial charge in [-0.2, -0.15) is 0 Å². The third-order valence-electron chi connectivity index (χ3n) is 6.25. The van der Waals surface area contributed by atoms with Crippen LogP contribution in [-0.2, 0) is 9.53 Å². The number of hydrogen-bond acceptors (Lipinski definition) is 6. The second-order valence-electron chi connectivity index (χ2n) is 9.39. The lowest BCUT2D eigenvalue weighted by Gasteiger charge is -2.43. The Balaban J connectivity index is 2.86. The normalized spacial score (nSPS) is 13.9. The van der Waals surface area contributed by atoms with E-state index >= 15 is 0 Å². The topological polar surface area (TPSA) is 98.8 Å². The molecule has 0 unspecified atom stereocenters. The fourth-order valence-electron chi connectivity index (χ4n) is 4.99. The van der Waals surface area contributed by atoms with Crippen LogP contribution >= 0.6 is 0 Å². The Kier molecular flexibility index (Phi) is 8.06. The minimum absolute atomic E-state index is 0.0119. The van der Waals surface area contributed by atoms with E-state index < -0.39 is 31.8 Å². The molecule has 180 valence electrons. The zero-order chi connectivity index (χ0) is 25.2. The summed E-state index contributed by atoms with van der Waals surface area (Å²) in [5, 5.41) is 2.41. The van der Waals surface area contributed by atoms with Gasteiger partial charge in [-0.25, -0.2) is 4.79 Å². The van der Waals surface area contributed by atoms with Crippen molar-refractivity contribution < 1.29 is 28.3 Å². The quantitative estimate of drug-likeness (QED) is 0.415. The Bertz CT molecular complexity index is 1000. The maximum atomic E-state index is 13.2. The molecular formula is C25H35NO6Si. The molecule has 0 atom stereocenters. The smallest absolute Gasteiger partial charge is 0.342 e. The highest BCUT2D eigenvalue weighted by atomic mass is 28.4. The number of amides is 1. The number of carbonyl (C=O) groups is 4. The summed E-state index contributed by atoms with van der Waals surface area (Å²) in [7, 11) is -2.50. The zero-order valence-corrected chi connectivity index (χ0v) is 22.0. The van der Waals surface area contributed by atoms with E-state index in [0.29, 0.717) is 11.3 Å². The van der Waals surface area contributed by atoms with Crippen LogP contribution in [0.2, 0.25) is 16.6 Å². The SMILES string of the molecule is CCOC(=O)c1c(O[Si](C(C)C)(C(C)C)C(C)C)c(C)cc2c1C(=O)C=C(NC(C)=O)C2=O. The maximum Gasteiger partial charge on any atom is 0.342 e. The lowest BCUT2D eigenvalue weighted by Crippen LogP contribution is -2.51. The van der Waals surface area contributed by atoms with Crippen molar-refractivity contribution in [2.24, 2.45) is 0 Å². The summed E-state index contributed by atoms with van der Waals surface area (Å²) < 4.78 is 12.1. The molecule has 0 spiro atoms. The average molecular weight is 474 g/mol. The monoisotopic (exact) mass is 473 g/mol. The van der Waals surface area contributed by atoms with Crippen LogP contribution in [0.3, 0.4) is 0 Å². The molecule has 8 heteroatoms. The van der Waals surface area contributed by atoms with Gasteiger partial charge in [-0.05, 0) is 42.1 Å². The molecule has 0 fully saturated rings. The number of ether oxygens (including phenoxy) is 1. The number of hydrogen-bond donors (Lipinski definition) is 1. The van der Waals surface area contributed by atoms with Gasteiger partial charge < -0.3 is 14.5 Å². The first-order valence-electron chi connectivity index (χ1n) is 11.4. The van der Waals surface area contributed by atoms with Gasteiger partial charge in [0.15, 0.2) is 5.78 Å². The second-order valence-corrected chi connectivity index (χ2v) is 14.8. The van der Waals surface area contributed by atoms with Crippen LogP contribution in [0.5, 0.6) is 5.75 Å². The molecule has 2 rings (SSSR count). The van der Waals surface area contributed by atoms with Gasteiger partial charge in [0, 0.05) is 18.6 Å². The van der Waals surface area contributed by atoms with Crippen molar-refractivity contribution >= 4 is 31.8 Å². The van der Waals surface area contributed by atoms with E-state index in [1.54, 1.807) is 19.9 Å². The molecular weight excluding hydrogens is 438 g/mol. The van der Waals surface area contributed by atoms with Crippen LogP contribution < -0.4 is 9.74 Å². The van der Waals surface area contributed by atoms with Gasteiger partial charge in [-0.3, -0.25) is 14.4 Å². The summed E-state index contributed by atoms with van der Waals surface area (Å²) >= 11 is 0. The lowest BCUT2D eigenvalue weighted by atomic mass is 9.86. The van der Waals surface area contributed by atoms with Crippen molar-refractivity contribution in [2.75, 3.05) is 6.61 Å². The molecule has 1 aromatic carbocycles. The second kappa shape index (κ2) is 10.0. The van der Waals surface area contributed by atoms with Crippen LogP contribution in [0.1, 0.15) is 92.0 Å². The number of rotatable bonds is 8. The highest BCUT2D eigenvalue weighted by Crippen LogP contribution is 2.45. The molecule has 1 aliphatic carbocycles. The maximum absolute atomic E-state index is 13.2. The Hall–Kier alpha value is -2.74. The Labute approximate surface area is 197 Å². The standard InChI is InChI=1S/C25H35NO6Si/c1-10-31-25(30)22-21-18(23(29)19(12-20(21)28)26-17(9)27)11-16(8)24(22)32-33(13(2)3,14(4)5)15(6)7/h11-15H,10H2,1-9H3,(H,26,27). The van der Waals surface area contributed by atoms with E-state index in [-0.39, 0.29) is 45.6 Å². The summed E-state index contributed by atoms with van der Waals surface area (Å²) in [6.07, 6.45) is 1.06. The highest BCUT2D eigenvalue weighted by molar-refractivity contribution is 6.78. The fraction of sp³-hybridized carbons (Fsp3) is 0.520. The van der Waals surface area contributed by atoms with Gasteiger partial charge in [-0.1, -0.05) is 41.5 Å². The van der Waals surface area contributed by atoms with E-state index in [9.17, 15) is 19.2 Å². The first kappa shape index (κ1) is 26.5. The van der Waals surface area contributed by atoms with Gasteiger partial charge in [0.2, 0.25) is 11.7 Å². The molecule has 0 aromatic heterocycles. The number of benzene rings is 1. The molecule has 1 N–H and O–H groups in total. The van der Waals surface area contributed by atoms with Crippen molar-refractivity contribution in [3.63, 3.8) is 0 Å². The fourth-order valence-corrected chi connectivity index (χ4v) is 10.3. The summed E-state index contributed by atoms with van der Waals surface area (Å²) in [5.74, 6) is -1.93. The third kappa shape index (κ3) is 4.81. The van der Waals surface area contributed by atoms with E-state index in [1.807, 2.05) is 0 Å². The summed E-state index contributed by atoms with van der Waals surface area (Å²) in [6.45, 7) is 17.6. The molecule has 33 heavy (non-hydrogen) atoms. The first-order valence-corrected chi connectivity index (χ1v) is 13.5. The van der Waals surface area contributed by atoms with Crippen LogP contribution in [0, 0.1) is 6.92 Å². The van der Waals surface area contributed by atoms with Gasteiger partial charge in [-0.15, -0.1) is 0 Å². The molecule has 0 radical (unpaired) electrons. The van der Waals surface area contributed by atoms with Crippen LogP contribution in [0.25, 0.3) is 0 Å². The number of nitrogens with one attached hydrogen (secondary N) is 1. The summed E-state index contributed by atoms with van der Waals surface area (Å²) in [6, 6.07) is 1.57. The number of allylic oxidation sites excluding steroid dienone is 2. The minimum Gasteiger partial charge on any atom is -0.542 e. The van der Waals surface area contributed by atoms with Gasteiger partial charge in [0.25, 0.3) is 8.32 Å². The number of esters is 1. The van der Waals surface area contributed by atoms with Crippen molar-refractivity contribution in [3.05, 3.63) is 40.1 Å². The molecule has 0 heterocycles. The highest BCUT2D eigenvalue weighted by Gasteiger charge is 2.48. The molecule has 0 saturated heterocycles. The first-order chi connectivity index (χ1) is 15.3. The lowest BCUT2D eigenvalue weighted by molar-refractivity contribution is -0.118. The van der Waals surface area contributed by atoms with E-state index in [0.717, 1.165) is 6.08 Å². The predicted molar refractivity (Wildman–Crippen MR) is 129 cm³/mol. The van der Waals surface area contributed by atoms with E-state index in [1.165, 1.54) is 6.92 Å². The summed E-state index contributed by atoms with van der Waals surface area (Å²) in [4.78, 5) is 50.9. The van der Waals surface area contributed by atoms with Crippen molar-refractivity contribution in [1.29, 1.82) is 0 Å². The average Bonchev–Trinajstić information content (AvgIpc) is 2.68. The Morgan fingerprint density at radius 3 is 2.03 bits per heavy atom. The molecule has 1 amide bonds. The van der Waals surface area contributed by atoms with Gasteiger partial charge >= 0.3 is 5.97 Å². The predicted octanol–water partition coefficient (Wildman–Crippen LogP) is 5.13. The molecule has 0 aliphatic heterocycles. The number of fused-ring (bicyclic) bond motifs is 1. The Morgan fingerprint density at radius 2 is 1.58 bits per heavy atom. The Morgan fingerprint density at radius 1 is 1.03 bits per heavy atom. The van der Waals surface area contributed by atoms with Crippen molar-refractivity contribution in [1.82, 2.24) is 5.32 Å². The zero-order valence-electron chi connectivity index (χ0n) is 21.0. The van der Waals surface area contributed by atoms with Crippen LogP contribution in [0.4, 0.5) is 0 Å². The number of ketones is 2. The number of Topliss-reactive ketones (excluding diaryl/α,β-unsaturated/α-hetero) is 1. The van der Waals surface area contributed by atoms with Gasteiger partial charge in [0.1, 0.15) is 11.3 Å². The number of carbonyl (C=O) groups excluding carboxylic acids is 4. The largest absolute Gasteiger partial charge is 0.542 e. The molecule has 7 nitrogen and oxygen atoms in total. The summed E-state index contributed by atoms with van der Waals surface area (Å²) in [5.41, 5.74) is 1.16. The third-order valence-corrected chi connectivity index (χ3v) is 12.2. The molecule has 0 saturated carbocycles. The molecule has 0 bridgehead atoms. The number of aryl methyl sites for hydroxylation is 1.